The van der Waals surface area contributed by atoms with Gasteiger partial charge in [-0.2, -0.15) is 0 Å². The molecular weight excluding hydrogens is 272 g/mol. The van der Waals surface area contributed by atoms with Crippen molar-refractivity contribution in [2.45, 2.75) is 13.8 Å². The molecule has 110 valence electrons. The van der Waals surface area contributed by atoms with E-state index in [1.165, 1.54) is 17.0 Å². The van der Waals surface area contributed by atoms with Gasteiger partial charge in [0.25, 0.3) is 5.91 Å². The number of nitrogens with zero attached hydrogens (tertiary/aromatic N) is 2. The molecule has 1 aromatic rings. The minimum Gasteiger partial charge on any atom is -0.478 e. The summed E-state index contributed by atoms with van der Waals surface area (Å²) in [5.41, 5.74) is 1.50. The van der Waals surface area contributed by atoms with Crippen molar-refractivity contribution in [2.24, 2.45) is 0 Å². The van der Waals surface area contributed by atoms with Gasteiger partial charge >= 0.3 is 12.0 Å². The summed E-state index contributed by atoms with van der Waals surface area (Å²) in [6.07, 6.45) is 1.80. The van der Waals surface area contributed by atoms with Crippen LogP contribution in [0, 0.1) is 0 Å². The number of amides is 3. The lowest BCUT2D eigenvalue weighted by Gasteiger charge is -2.16. The Morgan fingerprint density at radius 3 is 2.67 bits per heavy atom. The number of carboxylic acid groups (broad SMARTS) is 1. The van der Waals surface area contributed by atoms with E-state index in [0.717, 1.165) is 10.5 Å². The number of hydrogen-bond donors (Lipinski definition) is 1. The predicted octanol–water partition coefficient (Wildman–Crippen LogP) is 2.12. The number of rotatable bonds is 4. The van der Waals surface area contributed by atoms with E-state index in [0.29, 0.717) is 5.69 Å². The summed E-state index contributed by atoms with van der Waals surface area (Å²) in [6, 6.07) is 5.56. The van der Waals surface area contributed by atoms with Crippen LogP contribution < -0.4 is 4.90 Å². The van der Waals surface area contributed by atoms with Crippen LogP contribution in [-0.2, 0) is 4.79 Å². The third-order valence-corrected chi connectivity index (χ3v) is 3.14. The molecule has 6 heteroatoms. The number of aromatic carboxylic acids is 1. The highest BCUT2D eigenvalue weighted by Crippen LogP contribution is 2.22. The van der Waals surface area contributed by atoms with Crippen LogP contribution in [0.15, 0.2) is 35.9 Å². The molecule has 1 saturated heterocycles. The fourth-order valence-corrected chi connectivity index (χ4v) is 2.00. The van der Waals surface area contributed by atoms with Crippen LogP contribution in [-0.4, -0.2) is 41.0 Å². The summed E-state index contributed by atoms with van der Waals surface area (Å²) >= 11 is 0. The highest BCUT2D eigenvalue weighted by molar-refractivity contribution is 6.12. The van der Waals surface area contributed by atoms with Gasteiger partial charge in [-0.25, -0.2) is 9.59 Å². The minimum absolute atomic E-state index is 0.0709. The molecule has 1 N–H and O–H groups in total. The Morgan fingerprint density at radius 2 is 2.05 bits per heavy atom. The van der Waals surface area contributed by atoms with Gasteiger partial charge in [-0.05, 0) is 32.0 Å². The highest BCUT2D eigenvalue weighted by atomic mass is 16.4. The summed E-state index contributed by atoms with van der Waals surface area (Å²) in [5.74, 6) is -1.37. The Hall–Kier alpha value is -2.63. The molecule has 0 aromatic heterocycles. The lowest BCUT2D eigenvalue weighted by molar-refractivity contribution is -0.124. The van der Waals surface area contributed by atoms with Crippen LogP contribution in [0.5, 0.6) is 0 Å². The molecule has 0 bridgehead atoms. The average molecular weight is 288 g/mol. The first-order valence-electron chi connectivity index (χ1n) is 6.48. The van der Waals surface area contributed by atoms with E-state index in [1.54, 1.807) is 18.2 Å². The van der Waals surface area contributed by atoms with Crippen LogP contribution in [0.4, 0.5) is 10.5 Å². The zero-order valence-electron chi connectivity index (χ0n) is 11.9. The topological polar surface area (TPSA) is 77.9 Å². The monoisotopic (exact) mass is 288 g/mol. The maximum Gasteiger partial charge on any atom is 0.335 e. The Kier molecular flexibility index (Phi) is 4.07. The quantitative estimate of drug-likeness (QED) is 0.680. The van der Waals surface area contributed by atoms with Crippen molar-refractivity contribution in [3.05, 3.63) is 41.5 Å². The van der Waals surface area contributed by atoms with Crippen LogP contribution in [0.1, 0.15) is 24.2 Å². The summed E-state index contributed by atoms with van der Waals surface area (Å²) < 4.78 is 0. The molecule has 1 fully saturated rings. The summed E-state index contributed by atoms with van der Waals surface area (Å²) in [6.45, 7) is 3.94. The highest BCUT2D eigenvalue weighted by Gasteiger charge is 2.36. The molecule has 1 aliphatic heterocycles. The van der Waals surface area contributed by atoms with Gasteiger partial charge in [-0.3, -0.25) is 14.6 Å². The van der Waals surface area contributed by atoms with Gasteiger partial charge in [0.15, 0.2) is 0 Å². The number of imide groups is 1. The SMILES string of the molecule is CC(C)=CCN1C(=O)CN(c2cccc(C(=O)O)c2)C1=O. The second-order valence-corrected chi connectivity index (χ2v) is 5.01. The second-order valence-electron chi connectivity index (χ2n) is 5.01. The van der Waals surface area contributed by atoms with Gasteiger partial charge in [-0.1, -0.05) is 17.7 Å². The van der Waals surface area contributed by atoms with Gasteiger partial charge in [0.2, 0.25) is 0 Å². The number of anilines is 1. The van der Waals surface area contributed by atoms with Crippen molar-refractivity contribution in [3.63, 3.8) is 0 Å². The standard InChI is InChI=1S/C15H16N2O4/c1-10(2)6-7-16-13(18)9-17(15(16)21)12-5-3-4-11(8-12)14(19)20/h3-6,8H,7,9H2,1-2H3,(H,19,20). The fourth-order valence-electron chi connectivity index (χ4n) is 2.00. The molecule has 1 heterocycles. The molecular formula is C15H16N2O4. The molecule has 0 unspecified atom stereocenters. The Morgan fingerprint density at radius 1 is 1.33 bits per heavy atom. The normalized spacial score (nSPS) is 14.6. The Labute approximate surface area is 122 Å². The van der Waals surface area contributed by atoms with Crippen molar-refractivity contribution in [3.8, 4) is 0 Å². The maximum absolute atomic E-state index is 12.3. The number of carbonyl (C=O) groups is 3. The second kappa shape index (κ2) is 5.78. The molecule has 1 aromatic carbocycles. The van der Waals surface area contributed by atoms with Crippen LogP contribution in [0.25, 0.3) is 0 Å². The Balaban J connectivity index is 2.24. The van der Waals surface area contributed by atoms with Gasteiger partial charge in [0.05, 0.1) is 5.56 Å². The van der Waals surface area contributed by atoms with Crippen LogP contribution in [0.2, 0.25) is 0 Å². The molecule has 6 nitrogen and oxygen atoms in total. The zero-order valence-corrected chi connectivity index (χ0v) is 11.9. The van der Waals surface area contributed by atoms with E-state index < -0.39 is 12.0 Å². The van der Waals surface area contributed by atoms with Gasteiger partial charge in [0, 0.05) is 12.2 Å². The molecule has 0 spiro atoms. The van der Waals surface area contributed by atoms with E-state index >= 15 is 0 Å². The van der Waals surface area contributed by atoms with Crippen molar-refractivity contribution in [1.82, 2.24) is 4.90 Å². The lowest BCUT2D eigenvalue weighted by Crippen LogP contribution is -2.33. The van der Waals surface area contributed by atoms with Crippen LogP contribution >= 0.6 is 0 Å². The first kappa shape index (κ1) is 14.8. The Bertz CT molecular complexity index is 632. The van der Waals surface area contributed by atoms with E-state index in [1.807, 2.05) is 13.8 Å². The van der Waals surface area contributed by atoms with Crippen LogP contribution in [0.3, 0.4) is 0 Å². The predicted molar refractivity (Wildman–Crippen MR) is 77.3 cm³/mol. The molecule has 21 heavy (non-hydrogen) atoms. The number of carbonyl (C=O) groups excluding carboxylic acids is 2. The number of hydrogen-bond acceptors (Lipinski definition) is 3. The van der Waals surface area contributed by atoms with Crippen molar-refractivity contribution >= 4 is 23.6 Å². The molecule has 0 saturated carbocycles. The first-order chi connectivity index (χ1) is 9.90. The molecule has 0 radical (unpaired) electrons. The van der Waals surface area contributed by atoms with E-state index in [9.17, 15) is 14.4 Å². The van der Waals surface area contributed by atoms with Crippen molar-refractivity contribution in [2.75, 3.05) is 18.0 Å². The van der Waals surface area contributed by atoms with Gasteiger partial charge in [-0.15, -0.1) is 0 Å². The number of allylic oxidation sites excluding steroid dienone is 1. The van der Waals surface area contributed by atoms with E-state index in [-0.39, 0.29) is 24.6 Å². The van der Waals surface area contributed by atoms with E-state index in [2.05, 4.69) is 0 Å². The lowest BCUT2D eigenvalue weighted by atomic mass is 10.2. The smallest absolute Gasteiger partial charge is 0.335 e. The average Bonchev–Trinajstić information content (AvgIpc) is 2.72. The van der Waals surface area contributed by atoms with Gasteiger partial charge < -0.3 is 5.11 Å². The maximum atomic E-state index is 12.3. The zero-order chi connectivity index (χ0) is 15.6. The number of urea groups is 1. The number of benzene rings is 1. The third kappa shape index (κ3) is 3.10. The summed E-state index contributed by atoms with van der Waals surface area (Å²) in [5, 5.41) is 8.98. The minimum atomic E-state index is -1.07. The summed E-state index contributed by atoms with van der Waals surface area (Å²) in [4.78, 5) is 37.6. The summed E-state index contributed by atoms with van der Waals surface area (Å²) in [7, 11) is 0. The number of carboxylic acids is 1. The van der Waals surface area contributed by atoms with E-state index in [4.69, 9.17) is 5.11 Å². The largest absolute Gasteiger partial charge is 0.478 e. The third-order valence-electron chi connectivity index (χ3n) is 3.14. The molecule has 3 amide bonds. The van der Waals surface area contributed by atoms with Crippen molar-refractivity contribution < 1.29 is 19.5 Å². The molecule has 2 rings (SSSR count). The fraction of sp³-hybridized carbons (Fsp3) is 0.267. The molecule has 1 aliphatic rings. The molecule has 0 atom stereocenters. The first-order valence-corrected chi connectivity index (χ1v) is 6.48. The van der Waals surface area contributed by atoms with Crippen molar-refractivity contribution in [1.29, 1.82) is 0 Å². The molecule has 0 aliphatic carbocycles. The van der Waals surface area contributed by atoms with Gasteiger partial charge in [0.1, 0.15) is 6.54 Å².